The SMILES string of the molecule is C1CC(c2noc(CC3CCNC3)n2)CCN1. The summed E-state index contributed by atoms with van der Waals surface area (Å²) in [4.78, 5) is 4.56. The monoisotopic (exact) mass is 236 g/mol. The summed E-state index contributed by atoms with van der Waals surface area (Å²) >= 11 is 0. The highest BCUT2D eigenvalue weighted by atomic mass is 16.5. The van der Waals surface area contributed by atoms with Crippen molar-refractivity contribution in [3.05, 3.63) is 11.7 Å². The quantitative estimate of drug-likeness (QED) is 0.808. The maximum Gasteiger partial charge on any atom is 0.226 e. The first-order valence-electron chi connectivity index (χ1n) is 6.66. The fourth-order valence-corrected chi connectivity index (χ4v) is 2.73. The summed E-state index contributed by atoms with van der Waals surface area (Å²) in [7, 11) is 0. The Hall–Kier alpha value is -0.940. The largest absolute Gasteiger partial charge is 0.339 e. The fourth-order valence-electron chi connectivity index (χ4n) is 2.73. The first-order chi connectivity index (χ1) is 8.42. The molecule has 1 unspecified atom stereocenters. The Bertz CT molecular complexity index is 353. The van der Waals surface area contributed by atoms with E-state index >= 15 is 0 Å². The Morgan fingerprint density at radius 3 is 2.71 bits per heavy atom. The predicted octanol–water partition coefficient (Wildman–Crippen LogP) is 0.689. The number of nitrogens with one attached hydrogen (secondary N) is 2. The van der Waals surface area contributed by atoms with Crippen LogP contribution >= 0.6 is 0 Å². The maximum absolute atomic E-state index is 5.37. The van der Waals surface area contributed by atoms with Gasteiger partial charge in [-0.05, 0) is 51.4 Å². The second-order valence-electron chi connectivity index (χ2n) is 5.13. The van der Waals surface area contributed by atoms with Gasteiger partial charge in [0.2, 0.25) is 5.89 Å². The summed E-state index contributed by atoms with van der Waals surface area (Å²) in [6, 6.07) is 0. The summed E-state index contributed by atoms with van der Waals surface area (Å²) in [6.45, 7) is 4.35. The summed E-state index contributed by atoms with van der Waals surface area (Å²) in [6.07, 6.45) is 4.42. The standard InChI is InChI=1S/C12H20N4O/c1-4-14-8-9(1)7-11-15-12(16-17-11)10-2-5-13-6-3-10/h9-10,13-14H,1-8H2. The molecule has 0 aliphatic carbocycles. The minimum absolute atomic E-state index is 0.496. The zero-order chi connectivity index (χ0) is 11.5. The van der Waals surface area contributed by atoms with Crippen LogP contribution in [0.2, 0.25) is 0 Å². The number of nitrogens with zero attached hydrogens (tertiary/aromatic N) is 2. The molecule has 3 heterocycles. The molecular formula is C12H20N4O. The van der Waals surface area contributed by atoms with Gasteiger partial charge in [-0.25, -0.2) is 0 Å². The van der Waals surface area contributed by atoms with E-state index in [1.165, 1.54) is 6.42 Å². The van der Waals surface area contributed by atoms with Gasteiger partial charge in [0.1, 0.15) is 0 Å². The van der Waals surface area contributed by atoms with E-state index in [9.17, 15) is 0 Å². The molecule has 5 heteroatoms. The molecule has 1 aromatic rings. The lowest BCUT2D eigenvalue weighted by Crippen LogP contribution is -2.27. The Labute approximate surface area is 101 Å². The molecular weight excluding hydrogens is 216 g/mol. The van der Waals surface area contributed by atoms with E-state index in [0.717, 1.165) is 57.2 Å². The van der Waals surface area contributed by atoms with Gasteiger partial charge in [0.15, 0.2) is 5.82 Å². The molecule has 3 rings (SSSR count). The number of hydrogen-bond donors (Lipinski definition) is 2. The van der Waals surface area contributed by atoms with Crippen molar-refractivity contribution < 1.29 is 4.52 Å². The Balaban J connectivity index is 1.60. The molecule has 0 aromatic carbocycles. The highest BCUT2D eigenvalue weighted by Crippen LogP contribution is 2.23. The van der Waals surface area contributed by atoms with E-state index in [1.54, 1.807) is 0 Å². The van der Waals surface area contributed by atoms with Crippen LogP contribution < -0.4 is 10.6 Å². The van der Waals surface area contributed by atoms with Crippen LogP contribution in [0.15, 0.2) is 4.52 Å². The Morgan fingerprint density at radius 2 is 1.94 bits per heavy atom. The van der Waals surface area contributed by atoms with Gasteiger partial charge in [-0.15, -0.1) is 0 Å². The van der Waals surface area contributed by atoms with Crippen molar-refractivity contribution in [3.63, 3.8) is 0 Å². The topological polar surface area (TPSA) is 63.0 Å². The third kappa shape index (κ3) is 2.66. The van der Waals surface area contributed by atoms with Crippen LogP contribution in [0.4, 0.5) is 0 Å². The van der Waals surface area contributed by atoms with Crippen molar-refractivity contribution in [3.8, 4) is 0 Å². The van der Waals surface area contributed by atoms with Gasteiger partial charge < -0.3 is 15.2 Å². The lowest BCUT2D eigenvalue weighted by Gasteiger charge is -2.18. The van der Waals surface area contributed by atoms with Gasteiger partial charge in [-0.3, -0.25) is 0 Å². The van der Waals surface area contributed by atoms with Gasteiger partial charge in [0.25, 0.3) is 0 Å². The van der Waals surface area contributed by atoms with Crippen LogP contribution in [0.1, 0.15) is 36.9 Å². The first-order valence-corrected chi connectivity index (χ1v) is 6.66. The molecule has 2 fully saturated rings. The van der Waals surface area contributed by atoms with Crippen molar-refractivity contribution in [2.24, 2.45) is 5.92 Å². The van der Waals surface area contributed by atoms with E-state index in [1.807, 2.05) is 0 Å². The lowest BCUT2D eigenvalue weighted by atomic mass is 9.97. The molecule has 0 bridgehead atoms. The minimum atomic E-state index is 0.496. The van der Waals surface area contributed by atoms with Crippen molar-refractivity contribution in [2.45, 2.75) is 31.6 Å². The second kappa shape index (κ2) is 5.14. The third-order valence-corrected chi connectivity index (χ3v) is 3.81. The van der Waals surface area contributed by atoms with Crippen molar-refractivity contribution in [1.82, 2.24) is 20.8 Å². The highest BCUT2D eigenvalue weighted by Gasteiger charge is 2.22. The zero-order valence-electron chi connectivity index (χ0n) is 10.1. The molecule has 17 heavy (non-hydrogen) atoms. The summed E-state index contributed by atoms with van der Waals surface area (Å²) in [5, 5.41) is 10.9. The second-order valence-corrected chi connectivity index (χ2v) is 5.13. The van der Waals surface area contributed by atoms with Crippen molar-refractivity contribution in [1.29, 1.82) is 0 Å². The van der Waals surface area contributed by atoms with Crippen molar-refractivity contribution >= 4 is 0 Å². The first kappa shape index (κ1) is 11.2. The molecule has 0 radical (unpaired) electrons. The molecule has 0 amide bonds. The number of aromatic nitrogens is 2. The van der Waals surface area contributed by atoms with Crippen molar-refractivity contribution in [2.75, 3.05) is 26.2 Å². The van der Waals surface area contributed by atoms with Gasteiger partial charge in [0.05, 0.1) is 0 Å². The smallest absolute Gasteiger partial charge is 0.226 e. The van der Waals surface area contributed by atoms with E-state index in [2.05, 4.69) is 20.8 Å². The number of piperidine rings is 1. The number of hydrogen-bond acceptors (Lipinski definition) is 5. The van der Waals surface area contributed by atoms with Crippen LogP contribution in [-0.2, 0) is 6.42 Å². The van der Waals surface area contributed by atoms with Crippen LogP contribution in [-0.4, -0.2) is 36.3 Å². The van der Waals surface area contributed by atoms with E-state index < -0.39 is 0 Å². The van der Waals surface area contributed by atoms with Crippen LogP contribution in [0, 0.1) is 5.92 Å². The molecule has 5 nitrogen and oxygen atoms in total. The van der Waals surface area contributed by atoms with E-state index in [-0.39, 0.29) is 0 Å². The molecule has 2 N–H and O–H groups in total. The predicted molar refractivity (Wildman–Crippen MR) is 63.8 cm³/mol. The summed E-state index contributed by atoms with van der Waals surface area (Å²) < 4.78 is 5.37. The van der Waals surface area contributed by atoms with Gasteiger partial charge >= 0.3 is 0 Å². The minimum Gasteiger partial charge on any atom is -0.339 e. The molecule has 1 aromatic heterocycles. The lowest BCUT2D eigenvalue weighted by molar-refractivity contribution is 0.345. The van der Waals surface area contributed by atoms with Gasteiger partial charge in [-0.2, -0.15) is 4.98 Å². The molecule has 0 spiro atoms. The normalized spacial score (nSPS) is 26.5. The third-order valence-electron chi connectivity index (χ3n) is 3.81. The summed E-state index contributed by atoms with van der Waals surface area (Å²) in [5.41, 5.74) is 0. The average Bonchev–Trinajstić information content (AvgIpc) is 3.02. The van der Waals surface area contributed by atoms with Crippen LogP contribution in [0.3, 0.4) is 0 Å². The maximum atomic E-state index is 5.37. The van der Waals surface area contributed by atoms with Crippen LogP contribution in [0.25, 0.3) is 0 Å². The molecule has 2 saturated heterocycles. The molecule has 94 valence electrons. The fraction of sp³-hybridized carbons (Fsp3) is 0.833. The summed E-state index contributed by atoms with van der Waals surface area (Å²) in [5.74, 6) is 2.92. The van der Waals surface area contributed by atoms with E-state index in [4.69, 9.17) is 4.52 Å². The highest BCUT2D eigenvalue weighted by molar-refractivity contribution is 4.98. The molecule has 2 aliphatic rings. The average molecular weight is 236 g/mol. The van der Waals surface area contributed by atoms with Crippen LogP contribution in [0.5, 0.6) is 0 Å². The molecule has 2 aliphatic heterocycles. The number of rotatable bonds is 3. The Morgan fingerprint density at radius 1 is 1.12 bits per heavy atom. The molecule has 0 saturated carbocycles. The van der Waals surface area contributed by atoms with Gasteiger partial charge in [0, 0.05) is 12.3 Å². The molecule has 1 atom stereocenters. The van der Waals surface area contributed by atoms with E-state index in [0.29, 0.717) is 11.8 Å². The van der Waals surface area contributed by atoms with Gasteiger partial charge in [-0.1, -0.05) is 5.16 Å². The Kier molecular flexibility index (Phi) is 3.38. The zero-order valence-corrected chi connectivity index (χ0v) is 10.1.